The summed E-state index contributed by atoms with van der Waals surface area (Å²) in [6.07, 6.45) is 5.68. The predicted octanol–water partition coefficient (Wildman–Crippen LogP) is 1.61. The third-order valence-electron chi connectivity index (χ3n) is 3.47. The molecule has 0 saturated carbocycles. The van der Waals surface area contributed by atoms with Gasteiger partial charge in [0.2, 0.25) is 0 Å². The van der Waals surface area contributed by atoms with Gasteiger partial charge in [-0.15, -0.1) is 0 Å². The zero-order valence-electron chi connectivity index (χ0n) is 9.80. The monoisotopic (exact) mass is 239 g/mol. The molecule has 90 valence electrons. The Balaban J connectivity index is 1.70. The van der Waals surface area contributed by atoms with Crippen LogP contribution in [0.15, 0.2) is 36.8 Å². The van der Waals surface area contributed by atoms with E-state index in [0.717, 1.165) is 24.6 Å². The molecule has 4 rings (SSSR count). The van der Waals surface area contributed by atoms with Crippen molar-refractivity contribution in [2.45, 2.75) is 19.4 Å². The van der Waals surface area contributed by atoms with Gasteiger partial charge in [0.15, 0.2) is 6.29 Å². The predicted molar refractivity (Wildman–Crippen MR) is 68.8 cm³/mol. The number of rotatable bonds is 0. The van der Waals surface area contributed by atoms with Crippen LogP contribution >= 0.6 is 0 Å². The Morgan fingerprint density at radius 3 is 3.06 bits per heavy atom. The number of hydrogen-bond donors (Lipinski definition) is 2. The topological polar surface area (TPSA) is 53.1 Å². The van der Waals surface area contributed by atoms with E-state index >= 15 is 0 Å². The summed E-state index contributed by atoms with van der Waals surface area (Å²) < 4.78 is 0. The lowest BCUT2D eigenvalue weighted by Crippen LogP contribution is -2.51. The lowest BCUT2D eigenvalue weighted by atomic mass is 10.1. The Morgan fingerprint density at radius 2 is 2.06 bits per heavy atom. The Labute approximate surface area is 105 Å². The molecule has 0 amide bonds. The van der Waals surface area contributed by atoms with Crippen molar-refractivity contribution in [1.29, 1.82) is 0 Å². The summed E-state index contributed by atoms with van der Waals surface area (Å²) in [6.45, 7) is 1.81. The van der Waals surface area contributed by atoms with Crippen molar-refractivity contribution < 1.29 is 0 Å². The van der Waals surface area contributed by atoms with Gasteiger partial charge in [0.25, 0.3) is 0 Å². The summed E-state index contributed by atoms with van der Waals surface area (Å²) in [5, 5.41) is 6.90. The number of nitrogens with one attached hydrogen (secondary N) is 2. The number of fused-ring (bicyclic) bond motifs is 3. The zero-order valence-corrected chi connectivity index (χ0v) is 9.80. The highest BCUT2D eigenvalue weighted by molar-refractivity contribution is 5.56. The Morgan fingerprint density at radius 1 is 1.11 bits per heavy atom. The quantitative estimate of drug-likeness (QED) is 0.731. The minimum absolute atomic E-state index is 0.113. The lowest BCUT2D eigenvalue weighted by molar-refractivity contribution is 0.197. The molecular weight excluding hydrogens is 226 g/mol. The first-order valence-electron chi connectivity index (χ1n) is 6.04. The van der Waals surface area contributed by atoms with Gasteiger partial charge < -0.3 is 10.6 Å². The van der Waals surface area contributed by atoms with Crippen molar-refractivity contribution in [2.75, 3.05) is 10.6 Å². The molecule has 2 aliphatic rings. The Kier molecular flexibility index (Phi) is 2.01. The zero-order chi connectivity index (χ0) is 11.9. The van der Waals surface area contributed by atoms with Crippen molar-refractivity contribution in [3.05, 3.63) is 47.9 Å². The second-order valence-corrected chi connectivity index (χ2v) is 4.64. The fourth-order valence-corrected chi connectivity index (χ4v) is 2.56. The molecule has 2 aromatic heterocycles. The largest absolute Gasteiger partial charge is 0.352 e. The molecule has 0 aliphatic carbocycles. The van der Waals surface area contributed by atoms with Crippen LogP contribution in [0.1, 0.15) is 11.1 Å². The van der Waals surface area contributed by atoms with Gasteiger partial charge in [0.1, 0.15) is 5.82 Å². The van der Waals surface area contributed by atoms with Crippen LogP contribution in [0.25, 0.3) is 0 Å². The minimum atomic E-state index is 0.113. The van der Waals surface area contributed by atoms with Crippen molar-refractivity contribution in [1.82, 2.24) is 14.9 Å². The van der Waals surface area contributed by atoms with Crippen LogP contribution in [0.5, 0.6) is 0 Å². The normalized spacial score (nSPS) is 21.0. The molecule has 0 fully saturated rings. The van der Waals surface area contributed by atoms with Gasteiger partial charge in [0, 0.05) is 48.5 Å². The number of anilines is 2. The van der Waals surface area contributed by atoms with Gasteiger partial charge in [-0.1, -0.05) is 6.07 Å². The Bertz CT molecular complexity index is 494. The van der Waals surface area contributed by atoms with E-state index in [-0.39, 0.29) is 6.29 Å². The molecule has 2 aliphatic heterocycles. The van der Waals surface area contributed by atoms with Gasteiger partial charge in [-0.05, 0) is 12.1 Å². The molecule has 0 saturated heterocycles. The minimum Gasteiger partial charge on any atom is -0.352 e. The number of nitrogens with zero attached hydrogens (tertiary/aromatic N) is 3. The molecule has 0 aromatic carbocycles. The molecule has 5 heteroatoms. The fraction of sp³-hybridized carbons (Fsp3) is 0.231. The summed E-state index contributed by atoms with van der Waals surface area (Å²) in [4.78, 5) is 10.9. The molecule has 5 nitrogen and oxygen atoms in total. The van der Waals surface area contributed by atoms with E-state index in [0.29, 0.717) is 0 Å². The first-order chi connectivity index (χ1) is 8.90. The van der Waals surface area contributed by atoms with E-state index in [2.05, 4.69) is 31.6 Å². The maximum absolute atomic E-state index is 4.38. The van der Waals surface area contributed by atoms with Crippen molar-refractivity contribution >= 4 is 11.5 Å². The number of pyridine rings is 2. The molecule has 1 atom stereocenters. The summed E-state index contributed by atoms with van der Waals surface area (Å²) in [6, 6.07) is 6.11. The van der Waals surface area contributed by atoms with Crippen LogP contribution in [0.4, 0.5) is 11.5 Å². The molecule has 2 N–H and O–H groups in total. The second kappa shape index (κ2) is 3.68. The highest BCUT2D eigenvalue weighted by Crippen LogP contribution is 2.30. The number of hydrogen-bond acceptors (Lipinski definition) is 5. The highest BCUT2D eigenvalue weighted by atomic mass is 15.4. The molecule has 1 unspecified atom stereocenters. The smallest absolute Gasteiger partial charge is 0.157 e. The van der Waals surface area contributed by atoms with Crippen molar-refractivity contribution in [3.63, 3.8) is 0 Å². The second-order valence-electron chi connectivity index (χ2n) is 4.64. The van der Waals surface area contributed by atoms with Gasteiger partial charge in [-0.25, -0.2) is 4.98 Å². The average Bonchev–Trinajstić information content (AvgIpc) is 2.42. The Hall–Kier alpha value is -2.14. The first-order valence-corrected chi connectivity index (χ1v) is 6.04. The third kappa shape index (κ3) is 1.44. The summed E-state index contributed by atoms with van der Waals surface area (Å²) in [5.74, 6) is 0.976. The van der Waals surface area contributed by atoms with Gasteiger partial charge in [-0.3, -0.25) is 9.88 Å². The standard InChI is InChI=1S/C13H13N5/c1-2-9-7-18-8-10-6-14-5-3-11(10)16-13(18)17-12(9)15-4-1/h1-6,13,16H,7-8H2,(H,15,17). The fourth-order valence-electron chi connectivity index (χ4n) is 2.56. The van der Waals surface area contributed by atoms with E-state index in [1.165, 1.54) is 11.1 Å². The summed E-state index contributed by atoms with van der Waals surface area (Å²) in [5.41, 5.74) is 3.63. The summed E-state index contributed by atoms with van der Waals surface area (Å²) in [7, 11) is 0. The van der Waals surface area contributed by atoms with Crippen LogP contribution in [-0.2, 0) is 13.1 Å². The molecule has 4 heterocycles. The van der Waals surface area contributed by atoms with Crippen LogP contribution in [0, 0.1) is 0 Å². The van der Waals surface area contributed by atoms with Gasteiger partial charge >= 0.3 is 0 Å². The van der Waals surface area contributed by atoms with E-state index in [9.17, 15) is 0 Å². The van der Waals surface area contributed by atoms with Crippen LogP contribution in [0.3, 0.4) is 0 Å². The number of aromatic nitrogens is 2. The van der Waals surface area contributed by atoms with E-state index in [4.69, 9.17) is 0 Å². The molecule has 18 heavy (non-hydrogen) atoms. The molecule has 0 bridgehead atoms. The first kappa shape index (κ1) is 9.85. The maximum Gasteiger partial charge on any atom is 0.157 e. The van der Waals surface area contributed by atoms with Gasteiger partial charge in [-0.2, -0.15) is 0 Å². The van der Waals surface area contributed by atoms with E-state index < -0.39 is 0 Å². The van der Waals surface area contributed by atoms with E-state index in [1.54, 1.807) is 0 Å². The lowest BCUT2D eigenvalue weighted by Gasteiger charge is -2.41. The SMILES string of the molecule is c1cnc2c(c1)CN1Cc3cnccc3NC1N2. The van der Waals surface area contributed by atoms with Crippen LogP contribution < -0.4 is 10.6 Å². The maximum atomic E-state index is 4.38. The molecule has 2 aromatic rings. The molecule has 0 spiro atoms. The van der Waals surface area contributed by atoms with E-state index in [1.807, 2.05) is 30.7 Å². The van der Waals surface area contributed by atoms with Crippen LogP contribution in [0.2, 0.25) is 0 Å². The van der Waals surface area contributed by atoms with Crippen molar-refractivity contribution in [2.24, 2.45) is 0 Å². The summed E-state index contributed by atoms with van der Waals surface area (Å²) >= 11 is 0. The average molecular weight is 239 g/mol. The third-order valence-corrected chi connectivity index (χ3v) is 3.47. The van der Waals surface area contributed by atoms with Crippen molar-refractivity contribution in [3.8, 4) is 0 Å². The molecular formula is C13H13N5. The van der Waals surface area contributed by atoms with Crippen LogP contribution in [-0.4, -0.2) is 21.2 Å². The van der Waals surface area contributed by atoms with Gasteiger partial charge in [0.05, 0.1) is 0 Å². The highest BCUT2D eigenvalue weighted by Gasteiger charge is 2.30. The molecule has 0 radical (unpaired) electrons.